The molecule has 0 N–H and O–H groups in total. The molecule has 0 bridgehead atoms. The molecule has 2 aliphatic heterocycles. The van der Waals surface area contributed by atoms with E-state index in [9.17, 15) is 0 Å². The first-order chi connectivity index (χ1) is 11.7. The van der Waals surface area contributed by atoms with Gasteiger partial charge in [-0.2, -0.15) is 0 Å². The summed E-state index contributed by atoms with van der Waals surface area (Å²) in [5, 5.41) is 0. The van der Waals surface area contributed by atoms with Crippen molar-refractivity contribution in [2.75, 3.05) is 26.9 Å². The molecule has 0 spiro atoms. The molecule has 1 fully saturated rings. The van der Waals surface area contributed by atoms with Crippen molar-refractivity contribution in [3.05, 3.63) is 53.1 Å². The lowest BCUT2D eigenvalue weighted by Crippen LogP contribution is -2.40. The third kappa shape index (κ3) is 2.82. The molecule has 0 aromatic heterocycles. The van der Waals surface area contributed by atoms with E-state index in [1.807, 2.05) is 6.07 Å². The molecule has 2 aromatic carbocycles. The molecule has 2 heterocycles. The number of likely N-dealkylation sites (tertiary alicyclic amines) is 1. The molecule has 1 unspecified atom stereocenters. The van der Waals surface area contributed by atoms with E-state index >= 15 is 0 Å². The van der Waals surface area contributed by atoms with Gasteiger partial charge in [0.05, 0.1) is 7.11 Å². The Balaban J connectivity index is 1.53. The van der Waals surface area contributed by atoms with Crippen LogP contribution in [0.1, 0.15) is 29.2 Å². The Morgan fingerprint density at radius 3 is 2.62 bits per heavy atom. The molecular formula is C20H23NO3. The minimum absolute atomic E-state index is 0.465. The van der Waals surface area contributed by atoms with Crippen molar-refractivity contribution in [3.8, 4) is 17.2 Å². The second-order valence-electron chi connectivity index (χ2n) is 6.47. The highest BCUT2D eigenvalue weighted by atomic mass is 16.6. The first-order valence-electron chi connectivity index (χ1n) is 8.52. The molecule has 2 aliphatic rings. The lowest BCUT2D eigenvalue weighted by Gasteiger charge is -2.42. The summed E-state index contributed by atoms with van der Waals surface area (Å²) in [7, 11) is 1.72. The van der Waals surface area contributed by atoms with Gasteiger partial charge in [-0.1, -0.05) is 12.1 Å². The van der Waals surface area contributed by atoms with Crippen molar-refractivity contribution >= 4 is 0 Å². The van der Waals surface area contributed by atoms with Crippen molar-refractivity contribution in [2.24, 2.45) is 0 Å². The maximum atomic E-state index is 5.73. The monoisotopic (exact) mass is 325 g/mol. The first-order valence-corrected chi connectivity index (χ1v) is 8.52. The molecule has 1 atom stereocenters. The van der Waals surface area contributed by atoms with E-state index < -0.39 is 0 Å². The van der Waals surface area contributed by atoms with Gasteiger partial charge >= 0.3 is 0 Å². The van der Waals surface area contributed by atoms with Gasteiger partial charge in [0.2, 0.25) is 0 Å². The number of aryl methyl sites for hydroxylation is 1. The van der Waals surface area contributed by atoms with Crippen molar-refractivity contribution in [1.82, 2.24) is 4.90 Å². The van der Waals surface area contributed by atoms with E-state index in [-0.39, 0.29) is 0 Å². The largest absolute Gasteiger partial charge is 0.497 e. The Bertz CT molecular complexity index is 744. The van der Waals surface area contributed by atoms with Gasteiger partial charge in [0.15, 0.2) is 11.5 Å². The van der Waals surface area contributed by atoms with Crippen LogP contribution in [0.4, 0.5) is 0 Å². The number of nitrogens with zero attached hydrogens (tertiary/aromatic N) is 1. The van der Waals surface area contributed by atoms with Gasteiger partial charge in [0.1, 0.15) is 19.0 Å². The van der Waals surface area contributed by atoms with Crippen LogP contribution >= 0.6 is 0 Å². The first kappa shape index (κ1) is 15.3. The predicted octanol–water partition coefficient (Wildman–Crippen LogP) is 3.72. The second kappa shape index (κ2) is 6.36. The Labute approximate surface area is 142 Å². The van der Waals surface area contributed by atoms with Crippen LogP contribution in [-0.4, -0.2) is 31.8 Å². The summed E-state index contributed by atoms with van der Waals surface area (Å²) in [6.07, 6.45) is 1.19. The highest BCUT2D eigenvalue weighted by Crippen LogP contribution is 2.38. The fourth-order valence-corrected chi connectivity index (χ4v) is 3.48. The Morgan fingerprint density at radius 2 is 1.92 bits per heavy atom. The minimum Gasteiger partial charge on any atom is -0.497 e. The molecule has 24 heavy (non-hydrogen) atoms. The summed E-state index contributed by atoms with van der Waals surface area (Å²) in [6, 6.07) is 13.1. The fraction of sp³-hybridized carbons (Fsp3) is 0.400. The van der Waals surface area contributed by atoms with Gasteiger partial charge in [0.25, 0.3) is 0 Å². The molecule has 2 aromatic rings. The molecule has 0 amide bonds. The van der Waals surface area contributed by atoms with E-state index in [4.69, 9.17) is 14.2 Å². The molecule has 4 rings (SSSR count). The average Bonchev–Trinajstić information content (AvgIpc) is 2.59. The van der Waals surface area contributed by atoms with Crippen LogP contribution in [0.2, 0.25) is 0 Å². The van der Waals surface area contributed by atoms with Gasteiger partial charge in [-0.15, -0.1) is 0 Å². The van der Waals surface area contributed by atoms with E-state index in [1.54, 1.807) is 7.11 Å². The molecule has 0 saturated carbocycles. The van der Waals surface area contributed by atoms with Crippen LogP contribution in [0.25, 0.3) is 0 Å². The number of rotatable bonds is 4. The maximum absolute atomic E-state index is 5.73. The molecule has 4 nitrogen and oxygen atoms in total. The third-order valence-corrected chi connectivity index (χ3v) is 4.98. The number of ether oxygens (including phenoxy) is 3. The van der Waals surface area contributed by atoms with Gasteiger partial charge in [-0.05, 0) is 54.3 Å². The number of methoxy groups -OCH3 is 1. The second-order valence-corrected chi connectivity index (χ2v) is 6.47. The lowest BCUT2D eigenvalue weighted by atomic mass is 9.93. The Hall–Kier alpha value is -2.20. The zero-order valence-electron chi connectivity index (χ0n) is 14.2. The van der Waals surface area contributed by atoms with Crippen LogP contribution in [0.15, 0.2) is 36.4 Å². The summed E-state index contributed by atoms with van der Waals surface area (Å²) < 4.78 is 16.8. The highest BCUT2D eigenvalue weighted by molar-refractivity contribution is 5.48. The fourth-order valence-electron chi connectivity index (χ4n) is 3.48. The van der Waals surface area contributed by atoms with Gasteiger partial charge < -0.3 is 14.2 Å². The van der Waals surface area contributed by atoms with E-state index in [2.05, 4.69) is 42.2 Å². The summed E-state index contributed by atoms with van der Waals surface area (Å²) >= 11 is 0. The zero-order chi connectivity index (χ0) is 16.5. The summed E-state index contributed by atoms with van der Waals surface area (Å²) in [4.78, 5) is 2.51. The molecule has 0 radical (unpaired) electrons. The number of benzene rings is 2. The Morgan fingerprint density at radius 1 is 1.12 bits per heavy atom. The molecule has 1 saturated heterocycles. The summed E-state index contributed by atoms with van der Waals surface area (Å²) in [5.41, 5.74) is 3.90. The maximum Gasteiger partial charge on any atom is 0.161 e. The Kier molecular flexibility index (Phi) is 4.07. The third-order valence-electron chi connectivity index (χ3n) is 4.98. The van der Waals surface area contributed by atoms with Gasteiger partial charge in [0, 0.05) is 19.1 Å². The van der Waals surface area contributed by atoms with Crippen molar-refractivity contribution in [2.45, 2.75) is 25.9 Å². The SMILES string of the molecule is COc1cccc(C2CCN2Cc2cc3c(cc2C)OCCO3)c1. The van der Waals surface area contributed by atoms with E-state index in [0.29, 0.717) is 19.3 Å². The minimum atomic E-state index is 0.465. The number of fused-ring (bicyclic) bond motifs is 1. The van der Waals surface area contributed by atoms with Crippen LogP contribution in [0, 0.1) is 6.92 Å². The van der Waals surface area contributed by atoms with Crippen molar-refractivity contribution in [3.63, 3.8) is 0 Å². The van der Waals surface area contributed by atoms with Gasteiger partial charge in [-0.3, -0.25) is 4.90 Å². The summed E-state index contributed by atoms with van der Waals surface area (Å²) in [6.45, 7) is 5.47. The molecule has 4 heteroatoms. The molecule has 126 valence electrons. The molecular weight excluding hydrogens is 302 g/mol. The van der Waals surface area contributed by atoms with Crippen LogP contribution < -0.4 is 14.2 Å². The van der Waals surface area contributed by atoms with E-state index in [0.717, 1.165) is 30.3 Å². The van der Waals surface area contributed by atoms with Gasteiger partial charge in [-0.25, -0.2) is 0 Å². The zero-order valence-corrected chi connectivity index (χ0v) is 14.2. The quantitative estimate of drug-likeness (QED) is 0.857. The summed E-state index contributed by atoms with van der Waals surface area (Å²) in [5.74, 6) is 2.67. The average molecular weight is 325 g/mol. The normalized spacial score (nSPS) is 19.7. The standard InChI is InChI=1S/C20H23NO3/c1-14-10-19-20(24-9-8-23-19)12-16(14)13-21-7-6-18(21)15-4-3-5-17(11-15)22-2/h3-5,10-12,18H,6-9,13H2,1-2H3. The van der Waals surface area contributed by atoms with Crippen LogP contribution in [0.3, 0.4) is 0 Å². The van der Waals surface area contributed by atoms with Crippen LogP contribution in [-0.2, 0) is 6.54 Å². The lowest BCUT2D eigenvalue weighted by molar-refractivity contribution is 0.0812. The number of hydrogen-bond donors (Lipinski definition) is 0. The van der Waals surface area contributed by atoms with Crippen molar-refractivity contribution < 1.29 is 14.2 Å². The number of hydrogen-bond acceptors (Lipinski definition) is 4. The van der Waals surface area contributed by atoms with E-state index in [1.165, 1.54) is 23.1 Å². The van der Waals surface area contributed by atoms with Crippen molar-refractivity contribution in [1.29, 1.82) is 0 Å². The predicted molar refractivity (Wildman–Crippen MR) is 92.9 cm³/mol. The smallest absolute Gasteiger partial charge is 0.161 e. The topological polar surface area (TPSA) is 30.9 Å². The molecule has 0 aliphatic carbocycles. The highest BCUT2D eigenvalue weighted by Gasteiger charge is 2.30. The van der Waals surface area contributed by atoms with Crippen LogP contribution in [0.5, 0.6) is 17.2 Å².